The molecule has 2 amide bonds. The minimum absolute atomic E-state index is 0.0496. The average molecular weight is 1180 g/mol. The first-order valence-corrected chi connectivity index (χ1v) is 30.4. The van der Waals surface area contributed by atoms with Crippen LogP contribution in [0.2, 0.25) is 0 Å². The lowest BCUT2D eigenvalue weighted by Crippen LogP contribution is -2.21. The van der Waals surface area contributed by atoms with E-state index in [0.29, 0.717) is 40.0 Å². The predicted molar refractivity (Wildman–Crippen MR) is 351 cm³/mol. The number of unbranched alkanes of at least 4 members (excludes halogenated alkanes) is 3. The van der Waals surface area contributed by atoms with Gasteiger partial charge in [0, 0.05) is 85.3 Å². The van der Waals surface area contributed by atoms with Crippen molar-refractivity contribution >= 4 is 11.8 Å². The number of amides is 2. The fourth-order valence-electron chi connectivity index (χ4n) is 9.65. The van der Waals surface area contributed by atoms with Crippen LogP contribution < -0.4 is 19.5 Å². The number of aromatic amines is 3. The molecule has 9 rings (SSSR count). The maximum atomic E-state index is 12.1. The Bertz CT molecular complexity index is 3500. The third-order valence-electron chi connectivity index (χ3n) is 14.6. The third kappa shape index (κ3) is 20.1. The summed E-state index contributed by atoms with van der Waals surface area (Å²) in [6, 6.07) is 46.6. The number of hydrogen-bond donors (Lipinski definition) is 4. The molecule has 3 aromatic heterocycles. The predicted octanol–water partition coefficient (Wildman–Crippen LogP) is 15.5. The van der Waals surface area contributed by atoms with Crippen molar-refractivity contribution in [3.63, 3.8) is 0 Å². The summed E-state index contributed by atoms with van der Waals surface area (Å²) in [5, 5.41) is 24.8. The Kier molecular flexibility index (Phi) is 25.5. The van der Waals surface area contributed by atoms with Gasteiger partial charge in [0.15, 0.2) is 0 Å². The molecule has 16 nitrogen and oxygen atoms in total. The molecule has 0 saturated heterocycles. The summed E-state index contributed by atoms with van der Waals surface area (Å²) in [6.07, 6.45) is 12.9. The van der Waals surface area contributed by atoms with Gasteiger partial charge in [-0.25, -0.2) is 0 Å². The van der Waals surface area contributed by atoms with E-state index in [2.05, 4.69) is 131 Å². The standard InChI is InChI=1S/C24H30N4O2.C24H31N3O.C23H28N4O2/c1-5-6-14-28(4)17-20-16-25-26-23(20)18-10-12-21(13-11-18)30-22-9-7-8-19(15-22)24(29)27(2)3;1-5-6-14-27(4)17-21-16-25-26-24(21)19-10-12-22(13-11-19)28-23-9-7-8-20(15-23)18(2)3;1-4-5-13-27(3)16-19-15-25-26-22(19)17-9-11-20(12-10-17)29-21-8-6-7-18(14-21)23(28)24-2/h7-13,15-16H,5-6,14,17H2,1-4H3,(H,25,26);7-13,15-16,18H,5-6,14,17H2,1-4H3,(H,25,26);6-12,14-15H,4-5,13,16H2,1-3H3,(H,24,28)(H,25,26). The molecule has 0 aliphatic heterocycles. The molecule has 87 heavy (non-hydrogen) atoms. The van der Waals surface area contributed by atoms with E-state index in [0.717, 1.165) is 84.5 Å². The fraction of sp³-hybridized carbons (Fsp3) is 0.338. The molecule has 0 aliphatic rings. The van der Waals surface area contributed by atoms with E-state index in [1.807, 2.05) is 110 Å². The molecule has 0 fully saturated rings. The van der Waals surface area contributed by atoms with Crippen molar-refractivity contribution in [2.75, 3.05) is 61.9 Å². The second kappa shape index (κ2) is 33.8. The smallest absolute Gasteiger partial charge is 0.253 e. The van der Waals surface area contributed by atoms with Crippen molar-refractivity contribution in [2.45, 2.75) is 98.7 Å². The molecular formula is C71H89N11O5. The highest BCUT2D eigenvalue weighted by molar-refractivity contribution is 5.94. The number of hydrogen-bond acceptors (Lipinski definition) is 11. The van der Waals surface area contributed by atoms with E-state index in [-0.39, 0.29) is 11.8 Å². The van der Waals surface area contributed by atoms with Crippen LogP contribution in [0.15, 0.2) is 164 Å². The lowest BCUT2D eigenvalue weighted by Gasteiger charge is -2.16. The Balaban J connectivity index is 0.000000187. The first-order valence-electron chi connectivity index (χ1n) is 30.4. The largest absolute Gasteiger partial charge is 0.457 e. The molecule has 458 valence electrons. The van der Waals surface area contributed by atoms with Gasteiger partial charge in [0.2, 0.25) is 0 Å². The van der Waals surface area contributed by atoms with Gasteiger partial charge in [-0.05, 0) is 193 Å². The minimum atomic E-state index is -0.138. The van der Waals surface area contributed by atoms with Crippen LogP contribution in [0, 0.1) is 0 Å². The summed E-state index contributed by atoms with van der Waals surface area (Å²) >= 11 is 0. The Morgan fingerprint density at radius 3 is 1.15 bits per heavy atom. The number of ether oxygens (including phenoxy) is 3. The third-order valence-corrected chi connectivity index (χ3v) is 14.6. The number of H-pyrrole nitrogens is 3. The molecule has 16 heteroatoms. The molecule has 3 heterocycles. The van der Waals surface area contributed by atoms with E-state index in [9.17, 15) is 9.59 Å². The van der Waals surface area contributed by atoms with Crippen molar-refractivity contribution < 1.29 is 23.8 Å². The molecule has 6 aromatic carbocycles. The van der Waals surface area contributed by atoms with Crippen molar-refractivity contribution in [1.29, 1.82) is 0 Å². The maximum absolute atomic E-state index is 12.1. The molecular weight excluding hydrogens is 1090 g/mol. The summed E-state index contributed by atoms with van der Waals surface area (Å²) in [4.78, 5) is 32.5. The van der Waals surface area contributed by atoms with E-state index in [4.69, 9.17) is 14.2 Å². The van der Waals surface area contributed by atoms with E-state index in [1.54, 1.807) is 56.4 Å². The van der Waals surface area contributed by atoms with Gasteiger partial charge in [0.1, 0.15) is 34.5 Å². The molecule has 0 atom stereocenters. The van der Waals surface area contributed by atoms with Gasteiger partial charge in [-0.3, -0.25) is 24.9 Å². The highest BCUT2D eigenvalue weighted by Crippen LogP contribution is 2.32. The quantitative estimate of drug-likeness (QED) is 0.0386. The lowest BCUT2D eigenvalue weighted by atomic mass is 10.0. The van der Waals surface area contributed by atoms with Gasteiger partial charge in [0.25, 0.3) is 11.8 Å². The average Bonchev–Trinajstić information content (AvgIpc) is 3.17. The van der Waals surface area contributed by atoms with Gasteiger partial charge < -0.3 is 39.1 Å². The molecule has 0 radical (unpaired) electrons. The second-order valence-corrected chi connectivity index (χ2v) is 22.5. The van der Waals surface area contributed by atoms with E-state index in [1.165, 1.54) is 60.8 Å². The molecule has 0 aliphatic carbocycles. The van der Waals surface area contributed by atoms with Crippen LogP contribution in [0.3, 0.4) is 0 Å². The van der Waals surface area contributed by atoms with Crippen molar-refractivity contribution in [3.8, 4) is 68.3 Å². The Morgan fingerprint density at radius 2 is 0.805 bits per heavy atom. The van der Waals surface area contributed by atoms with E-state index < -0.39 is 0 Å². The van der Waals surface area contributed by atoms with Crippen LogP contribution in [-0.4, -0.2) is 124 Å². The number of aromatic nitrogens is 6. The first-order chi connectivity index (χ1) is 42.1. The molecule has 0 bridgehead atoms. The van der Waals surface area contributed by atoms with Crippen LogP contribution in [0.5, 0.6) is 34.5 Å². The van der Waals surface area contributed by atoms with Gasteiger partial charge >= 0.3 is 0 Å². The minimum Gasteiger partial charge on any atom is -0.457 e. The number of benzene rings is 6. The van der Waals surface area contributed by atoms with Crippen molar-refractivity contribution in [3.05, 3.63) is 198 Å². The Labute approximate surface area is 515 Å². The molecule has 0 saturated carbocycles. The molecule has 4 N–H and O–H groups in total. The lowest BCUT2D eigenvalue weighted by molar-refractivity contribution is 0.0827. The van der Waals surface area contributed by atoms with Gasteiger partial charge in [0.05, 0.1) is 35.7 Å². The van der Waals surface area contributed by atoms with Crippen molar-refractivity contribution in [2.24, 2.45) is 0 Å². The second-order valence-electron chi connectivity index (χ2n) is 22.5. The summed E-state index contributed by atoms with van der Waals surface area (Å²) in [5.41, 5.74) is 12.4. The SMILES string of the molecule is CCCCN(C)Cc1cn[nH]c1-c1ccc(Oc2cccc(C(=O)N(C)C)c2)cc1.CCCCN(C)Cc1cn[nH]c1-c1ccc(Oc2cccc(C(=O)NC)c2)cc1.CCCCN(C)Cc1cn[nH]c1-c1ccc(Oc2cccc(C(C)C)c2)cc1. The van der Waals surface area contributed by atoms with Crippen molar-refractivity contribution in [1.82, 2.24) is 55.5 Å². The van der Waals surface area contributed by atoms with Gasteiger partial charge in [-0.15, -0.1) is 0 Å². The molecule has 9 aromatic rings. The zero-order chi connectivity index (χ0) is 62.1. The van der Waals surface area contributed by atoms with Crippen LogP contribution in [-0.2, 0) is 19.6 Å². The van der Waals surface area contributed by atoms with E-state index >= 15 is 0 Å². The summed E-state index contributed by atoms with van der Waals surface area (Å²) in [7, 11) is 11.5. The normalized spacial score (nSPS) is 11.1. The first kappa shape index (κ1) is 65.7. The summed E-state index contributed by atoms with van der Waals surface area (Å²) < 4.78 is 17.9. The fourth-order valence-corrected chi connectivity index (χ4v) is 9.65. The summed E-state index contributed by atoms with van der Waals surface area (Å²) in [5.74, 6) is 4.70. The van der Waals surface area contributed by atoms with Gasteiger partial charge in [-0.2, -0.15) is 15.3 Å². The zero-order valence-corrected chi connectivity index (χ0v) is 52.8. The maximum Gasteiger partial charge on any atom is 0.253 e. The number of rotatable bonds is 27. The highest BCUT2D eigenvalue weighted by Gasteiger charge is 2.16. The highest BCUT2D eigenvalue weighted by atomic mass is 16.5. The zero-order valence-electron chi connectivity index (χ0n) is 52.8. The Morgan fingerprint density at radius 1 is 0.460 bits per heavy atom. The number of carbonyl (C=O) groups excluding carboxylic acids is 2. The monoisotopic (exact) mass is 1180 g/mol. The topological polar surface area (TPSA) is 173 Å². The summed E-state index contributed by atoms with van der Waals surface area (Å²) in [6.45, 7) is 16.9. The molecule has 0 spiro atoms. The van der Waals surface area contributed by atoms with Gasteiger partial charge in [-0.1, -0.05) is 78.1 Å². The number of nitrogens with zero attached hydrogens (tertiary/aromatic N) is 7. The number of carbonyl (C=O) groups is 2. The molecule has 0 unspecified atom stereocenters. The van der Waals surface area contributed by atoms with Crippen LogP contribution in [0.1, 0.15) is 122 Å². The van der Waals surface area contributed by atoms with Crippen LogP contribution >= 0.6 is 0 Å². The number of nitrogens with one attached hydrogen (secondary N) is 4. The van der Waals surface area contributed by atoms with Crippen LogP contribution in [0.25, 0.3) is 33.8 Å². The van der Waals surface area contributed by atoms with Crippen LogP contribution in [0.4, 0.5) is 0 Å². The Hall–Kier alpha value is -8.83.